The molecule has 1 amide bonds. The fourth-order valence-electron chi connectivity index (χ4n) is 1.81. The number of carbonyl (C=O) groups is 1. The largest absolute Gasteiger partial charge is 0.506 e. The first-order chi connectivity index (χ1) is 9.08. The molecule has 6 nitrogen and oxygen atoms in total. The van der Waals surface area contributed by atoms with E-state index in [1.165, 1.54) is 13.2 Å². The fraction of sp³-hybridized carbons (Fsp3) is 0.308. The van der Waals surface area contributed by atoms with Gasteiger partial charge in [-0.05, 0) is 12.1 Å². The lowest BCUT2D eigenvalue weighted by Crippen LogP contribution is -2.31. The lowest BCUT2D eigenvalue weighted by Gasteiger charge is -2.17. The van der Waals surface area contributed by atoms with Gasteiger partial charge >= 0.3 is 0 Å². The molecule has 1 aromatic carbocycles. The van der Waals surface area contributed by atoms with Gasteiger partial charge < -0.3 is 25.0 Å². The van der Waals surface area contributed by atoms with Gasteiger partial charge in [0.25, 0.3) is 0 Å². The number of aromatic hydroxyl groups is 1. The zero-order valence-corrected chi connectivity index (χ0v) is 11.0. The van der Waals surface area contributed by atoms with Crippen LogP contribution in [-0.4, -0.2) is 48.2 Å². The zero-order chi connectivity index (χ0) is 13.8. The fourth-order valence-corrected chi connectivity index (χ4v) is 1.81. The van der Waals surface area contributed by atoms with Crippen molar-refractivity contribution in [2.75, 3.05) is 32.7 Å². The maximum absolute atomic E-state index is 11.9. The lowest BCUT2D eigenvalue weighted by atomic mass is 10.2. The second-order valence-corrected chi connectivity index (χ2v) is 4.37. The summed E-state index contributed by atoms with van der Waals surface area (Å²) in [4.78, 5) is 15.7. The topological polar surface area (TPSA) is 65.0 Å². The molecule has 102 valence electrons. The normalized spacial score (nSPS) is 13.8. The number of amides is 1. The van der Waals surface area contributed by atoms with Crippen LogP contribution in [0, 0.1) is 0 Å². The highest BCUT2D eigenvalue weighted by atomic mass is 16.5. The Morgan fingerprint density at radius 1 is 1.47 bits per heavy atom. The average Bonchev–Trinajstić information content (AvgIpc) is 2.77. The van der Waals surface area contributed by atoms with Crippen LogP contribution in [0.25, 0.3) is 0 Å². The molecule has 2 rings (SSSR count). The molecule has 2 N–H and O–H groups in total. The number of rotatable bonds is 4. The molecular formula is C13H17N3O3. The van der Waals surface area contributed by atoms with Crippen molar-refractivity contribution in [3.8, 4) is 11.5 Å². The third-order valence-electron chi connectivity index (χ3n) is 2.76. The second-order valence-electron chi connectivity index (χ2n) is 4.37. The first-order valence-corrected chi connectivity index (χ1v) is 5.88. The minimum Gasteiger partial charge on any atom is -0.506 e. The Labute approximate surface area is 111 Å². The summed E-state index contributed by atoms with van der Waals surface area (Å²) in [5.74, 6) is 0.403. The van der Waals surface area contributed by atoms with E-state index in [1.54, 1.807) is 12.1 Å². The van der Waals surface area contributed by atoms with E-state index in [4.69, 9.17) is 4.74 Å². The van der Waals surface area contributed by atoms with Gasteiger partial charge in [-0.15, -0.1) is 0 Å². The molecule has 0 bridgehead atoms. The summed E-state index contributed by atoms with van der Waals surface area (Å²) >= 11 is 0. The number of methoxy groups -OCH3 is 1. The molecule has 1 aromatic rings. The predicted molar refractivity (Wildman–Crippen MR) is 71.8 cm³/mol. The van der Waals surface area contributed by atoms with Gasteiger partial charge in [0.15, 0.2) is 0 Å². The quantitative estimate of drug-likeness (QED) is 0.794. The molecule has 0 fully saturated rings. The monoisotopic (exact) mass is 263 g/mol. The maximum Gasteiger partial charge on any atom is 0.244 e. The highest BCUT2D eigenvalue weighted by molar-refractivity contribution is 5.94. The molecule has 1 aliphatic heterocycles. The minimum atomic E-state index is -0.191. The van der Waals surface area contributed by atoms with Gasteiger partial charge in [-0.25, -0.2) is 0 Å². The molecule has 1 aliphatic rings. The van der Waals surface area contributed by atoms with E-state index in [0.29, 0.717) is 18.1 Å². The minimum absolute atomic E-state index is 0.0169. The number of nitrogens with one attached hydrogen (secondary N) is 1. The van der Waals surface area contributed by atoms with E-state index >= 15 is 0 Å². The molecule has 1 heterocycles. The molecule has 6 heteroatoms. The van der Waals surface area contributed by atoms with Gasteiger partial charge in [0.1, 0.15) is 11.5 Å². The third kappa shape index (κ3) is 3.31. The SMILES string of the molecule is COc1ccc(O)c(NC(=O)CN2C=CN(C)C2)c1. The van der Waals surface area contributed by atoms with E-state index in [9.17, 15) is 9.90 Å². The first kappa shape index (κ1) is 13.1. The molecule has 0 aliphatic carbocycles. The Bertz CT molecular complexity index is 502. The Balaban J connectivity index is 1.97. The molecule has 19 heavy (non-hydrogen) atoms. The van der Waals surface area contributed by atoms with Crippen molar-refractivity contribution in [3.05, 3.63) is 30.6 Å². The van der Waals surface area contributed by atoms with Crippen LogP contribution >= 0.6 is 0 Å². The summed E-state index contributed by atoms with van der Waals surface area (Å²) in [6.45, 7) is 0.912. The van der Waals surface area contributed by atoms with Crippen molar-refractivity contribution in [1.29, 1.82) is 0 Å². The number of hydrogen-bond donors (Lipinski definition) is 2. The van der Waals surface area contributed by atoms with Crippen LogP contribution in [0.15, 0.2) is 30.6 Å². The predicted octanol–water partition coefficient (Wildman–Crippen LogP) is 1.02. The van der Waals surface area contributed by atoms with Gasteiger partial charge in [-0.3, -0.25) is 4.79 Å². The second kappa shape index (κ2) is 5.51. The highest BCUT2D eigenvalue weighted by Gasteiger charge is 2.14. The molecule has 0 saturated carbocycles. The Hall–Kier alpha value is -2.37. The summed E-state index contributed by atoms with van der Waals surface area (Å²) in [5.41, 5.74) is 0.348. The standard InChI is InChI=1S/C13H17N3O3/c1-15-5-6-16(9-15)8-13(18)14-11-7-10(19-2)3-4-12(11)17/h3-7,17H,8-9H2,1-2H3,(H,14,18). The van der Waals surface area contributed by atoms with Crippen molar-refractivity contribution in [2.24, 2.45) is 0 Å². The summed E-state index contributed by atoms with van der Waals surface area (Å²) in [6.07, 6.45) is 3.75. The number of phenols is 1. The van der Waals surface area contributed by atoms with Crippen LogP contribution < -0.4 is 10.1 Å². The lowest BCUT2D eigenvalue weighted by molar-refractivity contribution is -0.116. The Kier molecular flexibility index (Phi) is 3.79. The van der Waals surface area contributed by atoms with Gasteiger partial charge in [0.05, 0.1) is 26.0 Å². The van der Waals surface area contributed by atoms with Crippen LogP contribution in [0.1, 0.15) is 0 Å². The maximum atomic E-state index is 11.9. The van der Waals surface area contributed by atoms with Crippen molar-refractivity contribution in [2.45, 2.75) is 0 Å². The summed E-state index contributed by atoms with van der Waals surface area (Å²) in [6, 6.07) is 4.69. The number of anilines is 1. The van der Waals surface area contributed by atoms with Gasteiger partial charge in [0, 0.05) is 25.5 Å². The molecule has 0 saturated heterocycles. The number of ether oxygens (including phenoxy) is 1. The summed E-state index contributed by atoms with van der Waals surface area (Å²) in [5, 5.41) is 12.3. The van der Waals surface area contributed by atoms with Gasteiger partial charge in [0.2, 0.25) is 5.91 Å². The molecule has 0 atom stereocenters. The van der Waals surface area contributed by atoms with Crippen molar-refractivity contribution < 1.29 is 14.6 Å². The number of carbonyl (C=O) groups excluding carboxylic acids is 1. The molecule has 0 unspecified atom stereocenters. The van der Waals surface area contributed by atoms with E-state index in [2.05, 4.69) is 5.32 Å². The van der Waals surface area contributed by atoms with Crippen LogP contribution in [-0.2, 0) is 4.79 Å². The van der Waals surface area contributed by atoms with Gasteiger partial charge in [-0.2, -0.15) is 0 Å². The molecule has 0 spiro atoms. The number of hydrogen-bond acceptors (Lipinski definition) is 5. The van der Waals surface area contributed by atoms with Crippen molar-refractivity contribution in [3.63, 3.8) is 0 Å². The number of phenolic OH excluding ortho intramolecular Hbond substituents is 1. The van der Waals surface area contributed by atoms with E-state index in [0.717, 1.165) is 0 Å². The van der Waals surface area contributed by atoms with Crippen LogP contribution in [0.4, 0.5) is 5.69 Å². The molecular weight excluding hydrogens is 246 g/mol. The van der Waals surface area contributed by atoms with E-state index in [1.807, 2.05) is 29.2 Å². The van der Waals surface area contributed by atoms with Crippen LogP contribution in [0.3, 0.4) is 0 Å². The number of nitrogens with zero attached hydrogens (tertiary/aromatic N) is 2. The summed E-state index contributed by atoms with van der Waals surface area (Å²) < 4.78 is 5.05. The third-order valence-corrected chi connectivity index (χ3v) is 2.76. The molecule has 0 radical (unpaired) electrons. The van der Waals surface area contributed by atoms with Crippen LogP contribution in [0.5, 0.6) is 11.5 Å². The van der Waals surface area contributed by atoms with Crippen molar-refractivity contribution >= 4 is 11.6 Å². The summed E-state index contributed by atoms with van der Waals surface area (Å²) in [7, 11) is 3.46. The highest BCUT2D eigenvalue weighted by Crippen LogP contribution is 2.27. The average molecular weight is 263 g/mol. The Morgan fingerprint density at radius 2 is 2.26 bits per heavy atom. The van der Waals surface area contributed by atoms with E-state index in [-0.39, 0.29) is 18.2 Å². The van der Waals surface area contributed by atoms with Crippen molar-refractivity contribution in [1.82, 2.24) is 9.80 Å². The number of benzene rings is 1. The van der Waals surface area contributed by atoms with E-state index < -0.39 is 0 Å². The Morgan fingerprint density at radius 3 is 2.89 bits per heavy atom. The van der Waals surface area contributed by atoms with Crippen LogP contribution in [0.2, 0.25) is 0 Å². The van der Waals surface area contributed by atoms with Gasteiger partial charge in [-0.1, -0.05) is 0 Å². The zero-order valence-electron chi connectivity index (χ0n) is 11.0. The first-order valence-electron chi connectivity index (χ1n) is 5.88. The molecule has 0 aromatic heterocycles. The smallest absolute Gasteiger partial charge is 0.244 e.